The molecule has 0 unspecified atom stereocenters. The summed E-state index contributed by atoms with van der Waals surface area (Å²) in [5.41, 5.74) is 0.480. The minimum atomic E-state index is -0.980. The Bertz CT molecular complexity index is 678. The van der Waals surface area contributed by atoms with E-state index in [1.807, 2.05) is 20.8 Å². The maximum atomic E-state index is 11.9. The average Bonchev–Trinajstić information content (AvgIpc) is 2.57. The number of anilines is 1. The number of rotatable bonds is 9. The molecule has 0 aliphatic carbocycles. The zero-order chi connectivity index (χ0) is 20.4. The SMILES string of the molecule is CC(C)(C)C(=O)NCCCC(=O)Nc1ccc(C(=O)NCCC(=O)O)cc1. The molecule has 0 spiro atoms. The summed E-state index contributed by atoms with van der Waals surface area (Å²) < 4.78 is 0. The zero-order valence-corrected chi connectivity index (χ0v) is 15.9. The van der Waals surface area contributed by atoms with Crippen LogP contribution in [0, 0.1) is 5.41 Å². The number of carbonyl (C=O) groups is 4. The topological polar surface area (TPSA) is 125 Å². The van der Waals surface area contributed by atoms with E-state index in [2.05, 4.69) is 16.0 Å². The normalized spacial score (nSPS) is 10.8. The number of carbonyl (C=O) groups excluding carboxylic acids is 3. The van der Waals surface area contributed by atoms with Crippen LogP contribution in [0.2, 0.25) is 0 Å². The van der Waals surface area contributed by atoms with Gasteiger partial charge < -0.3 is 21.1 Å². The Labute approximate surface area is 158 Å². The Morgan fingerprint density at radius 2 is 1.56 bits per heavy atom. The molecule has 27 heavy (non-hydrogen) atoms. The summed E-state index contributed by atoms with van der Waals surface area (Å²) in [4.78, 5) is 45.9. The van der Waals surface area contributed by atoms with Crippen LogP contribution in [0.4, 0.5) is 5.69 Å². The van der Waals surface area contributed by atoms with Gasteiger partial charge in [-0.1, -0.05) is 20.8 Å². The highest BCUT2D eigenvalue weighted by molar-refractivity contribution is 5.96. The van der Waals surface area contributed by atoms with E-state index in [-0.39, 0.29) is 37.1 Å². The molecule has 0 bridgehead atoms. The number of hydrogen-bond acceptors (Lipinski definition) is 4. The molecule has 0 aliphatic rings. The van der Waals surface area contributed by atoms with Crippen LogP contribution in [0.25, 0.3) is 0 Å². The molecule has 0 heterocycles. The summed E-state index contributed by atoms with van der Waals surface area (Å²) >= 11 is 0. The predicted molar refractivity (Wildman–Crippen MR) is 101 cm³/mol. The van der Waals surface area contributed by atoms with E-state index < -0.39 is 11.4 Å². The molecule has 0 aliphatic heterocycles. The van der Waals surface area contributed by atoms with E-state index in [4.69, 9.17) is 5.11 Å². The molecule has 3 amide bonds. The Balaban J connectivity index is 2.35. The molecule has 1 rings (SSSR count). The maximum absolute atomic E-state index is 11.9. The van der Waals surface area contributed by atoms with Crippen molar-refractivity contribution < 1.29 is 24.3 Å². The van der Waals surface area contributed by atoms with E-state index in [0.29, 0.717) is 24.2 Å². The second kappa shape index (κ2) is 10.3. The van der Waals surface area contributed by atoms with Gasteiger partial charge in [-0.15, -0.1) is 0 Å². The number of carboxylic acids is 1. The molecule has 0 atom stereocenters. The molecular formula is C19H27N3O5. The first-order valence-corrected chi connectivity index (χ1v) is 8.78. The molecule has 0 saturated heterocycles. The molecule has 0 radical (unpaired) electrons. The van der Waals surface area contributed by atoms with Crippen molar-refractivity contribution in [3.63, 3.8) is 0 Å². The number of nitrogens with one attached hydrogen (secondary N) is 3. The van der Waals surface area contributed by atoms with Gasteiger partial charge in [-0.2, -0.15) is 0 Å². The first-order chi connectivity index (χ1) is 12.6. The van der Waals surface area contributed by atoms with Crippen molar-refractivity contribution in [1.29, 1.82) is 0 Å². The van der Waals surface area contributed by atoms with E-state index in [0.717, 1.165) is 0 Å². The summed E-state index contributed by atoms with van der Waals surface area (Å²) in [5, 5.41) is 16.6. The number of aliphatic carboxylic acids is 1. The van der Waals surface area contributed by atoms with Crippen molar-refractivity contribution in [3.8, 4) is 0 Å². The minimum Gasteiger partial charge on any atom is -0.481 e. The van der Waals surface area contributed by atoms with Gasteiger partial charge in [0.05, 0.1) is 6.42 Å². The molecule has 0 fully saturated rings. The highest BCUT2D eigenvalue weighted by Gasteiger charge is 2.20. The number of amides is 3. The molecule has 4 N–H and O–H groups in total. The van der Waals surface area contributed by atoms with Crippen LogP contribution < -0.4 is 16.0 Å². The van der Waals surface area contributed by atoms with Crippen molar-refractivity contribution in [2.45, 2.75) is 40.0 Å². The fourth-order valence-electron chi connectivity index (χ4n) is 2.03. The Morgan fingerprint density at radius 3 is 2.11 bits per heavy atom. The summed E-state index contributed by atoms with van der Waals surface area (Å²) in [5.74, 6) is -1.59. The van der Waals surface area contributed by atoms with Crippen molar-refractivity contribution >= 4 is 29.4 Å². The van der Waals surface area contributed by atoms with Gasteiger partial charge >= 0.3 is 5.97 Å². The monoisotopic (exact) mass is 377 g/mol. The zero-order valence-electron chi connectivity index (χ0n) is 15.9. The molecular weight excluding hydrogens is 350 g/mol. The lowest BCUT2D eigenvalue weighted by Gasteiger charge is -2.17. The van der Waals surface area contributed by atoms with Gasteiger partial charge in [0.15, 0.2) is 0 Å². The van der Waals surface area contributed by atoms with Crippen LogP contribution in [0.15, 0.2) is 24.3 Å². The average molecular weight is 377 g/mol. The molecule has 8 heteroatoms. The third-order valence-corrected chi connectivity index (χ3v) is 3.60. The minimum absolute atomic E-state index is 0.0540. The third kappa shape index (κ3) is 8.84. The Morgan fingerprint density at radius 1 is 0.926 bits per heavy atom. The molecule has 1 aromatic rings. The second-order valence-corrected chi connectivity index (χ2v) is 7.13. The lowest BCUT2D eigenvalue weighted by Crippen LogP contribution is -2.35. The Kier molecular flexibility index (Phi) is 8.44. The first kappa shape index (κ1) is 22.1. The summed E-state index contributed by atoms with van der Waals surface area (Å²) in [6.07, 6.45) is 0.648. The number of hydrogen-bond donors (Lipinski definition) is 4. The van der Waals surface area contributed by atoms with E-state index in [1.54, 1.807) is 24.3 Å². The van der Waals surface area contributed by atoms with Crippen molar-refractivity contribution in [3.05, 3.63) is 29.8 Å². The van der Waals surface area contributed by atoms with E-state index in [1.165, 1.54) is 0 Å². The predicted octanol–water partition coefficient (Wildman–Crippen LogP) is 1.77. The van der Waals surface area contributed by atoms with Gasteiger partial charge in [0.25, 0.3) is 5.91 Å². The number of carboxylic acid groups (broad SMARTS) is 1. The van der Waals surface area contributed by atoms with Crippen molar-refractivity contribution in [2.75, 3.05) is 18.4 Å². The third-order valence-electron chi connectivity index (χ3n) is 3.60. The molecule has 1 aromatic carbocycles. The van der Waals surface area contributed by atoms with Gasteiger partial charge in [0.2, 0.25) is 11.8 Å². The van der Waals surface area contributed by atoms with Crippen LogP contribution >= 0.6 is 0 Å². The lowest BCUT2D eigenvalue weighted by molar-refractivity contribution is -0.136. The van der Waals surface area contributed by atoms with Crippen molar-refractivity contribution in [2.24, 2.45) is 5.41 Å². The van der Waals surface area contributed by atoms with Gasteiger partial charge in [-0.25, -0.2) is 0 Å². The van der Waals surface area contributed by atoms with Gasteiger partial charge in [0, 0.05) is 36.2 Å². The van der Waals surface area contributed by atoms with Crippen LogP contribution in [0.1, 0.15) is 50.4 Å². The van der Waals surface area contributed by atoms with Crippen LogP contribution in [-0.2, 0) is 14.4 Å². The lowest BCUT2D eigenvalue weighted by atomic mass is 9.96. The molecule has 0 saturated carbocycles. The fraction of sp³-hybridized carbons (Fsp3) is 0.474. The highest BCUT2D eigenvalue weighted by Crippen LogP contribution is 2.13. The highest BCUT2D eigenvalue weighted by atomic mass is 16.4. The Hall–Kier alpha value is -2.90. The van der Waals surface area contributed by atoms with Gasteiger partial charge in [0.1, 0.15) is 0 Å². The largest absolute Gasteiger partial charge is 0.481 e. The fourth-order valence-corrected chi connectivity index (χ4v) is 2.03. The quantitative estimate of drug-likeness (QED) is 0.488. The number of benzene rings is 1. The smallest absolute Gasteiger partial charge is 0.305 e. The maximum Gasteiger partial charge on any atom is 0.305 e. The molecule has 148 valence electrons. The standard InChI is InChI=1S/C19H27N3O5/c1-19(2,3)18(27)21-11-4-5-15(23)22-14-8-6-13(7-9-14)17(26)20-12-10-16(24)25/h6-9H,4-5,10-12H2,1-3H3,(H,20,26)(H,21,27)(H,22,23)(H,24,25). The van der Waals surface area contributed by atoms with Crippen molar-refractivity contribution in [1.82, 2.24) is 10.6 Å². The molecule has 0 aromatic heterocycles. The summed E-state index contributed by atoms with van der Waals surface area (Å²) in [6, 6.07) is 6.31. The summed E-state index contributed by atoms with van der Waals surface area (Å²) in [7, 11) is 0. The van der Waals surface area contributed by atoms with Crippen LogP contribution in [-0.4, -0.2) is 41.9 Å². The van der Waals surface area contributed by atoms with E-state index in [9.17, 15) is 19.2 Å². The van der Waals surface area contributed by atoms with Gasteiger partial charge in [-0.05, 0) is 30.7 Å². The second-order valence-electron chi connectivity index (χ2n) is 7.13. The van der Waals surface area contributed by atoms with Gasteiger partial charge in [-0.3, -0.25) is 19.2 Å². The first-order valence-electron chi connectivity index (χ1n) is 8.78. The molecule has 8 nitrogen and oxygen atoms in total. The summed E-state index contributed by atoms with van der Waals surface area (Å²) in [6.45, 7) is 5.96. The van der Waals surface area contributed by atoms with Crippen LogP contribution in [0.3, 0.4) is 0 Å². The van der Waals surface area contributed by atoms with Crippen LogP contribution in [0.5, 0.6) is 0 Å². The van der Waals surface area contributed by atoms with E-state index >= 15 is 0 Å².